The first-order chi connectivity index (χ1) is 39.7. The van der Waals surface area contributed by atoms with Gasteiger partial charge < -0.3 is 15.5 Å². The Labute approximate surface area is 497 Å². The van der Waals surface area contributed by atoms with Crippen LogP contribution >= 0.6 is 0 Å². The number of hydrogen-bond donors (Lipinski definition) is 3. The Balaban J connectivity index is 3.61. The highest BCUT2D eigenvalue weighted by atomic mass is 16.3. The van der Waals surface area contributed by atoms with Crippen molar-refractivity contribution in [2.45, 2.75) is 321 Å². The van der Waals surface area contributed by atoms with Crippen LogP contribution in [0.2, 0.25) is 0 Å². The summed E-state index contributed by atoms with van der Waals surface area (Å²) in [6, 6.07) is -0.656. The molecule has 80 heavy (non-hydrogen) atoms. The number of amides is 1. The molecule has 0 aliphatic carbocycles. The van der Waals surface area contributed by atoms with Crippen LogP contribution in [-0.4, -0.2) is 34.9 Å². The molecule has 0 aliphatic rings. The highest BCUT2D eigenvalue weighted by Gasteiger charge is 2.18. The summed E-state index contributed by atoms with van der Waals surface area (Å²) in [6.07, 6.45) is 109. The second-order valence-corrected chi connectivity index (χ2v) is 22.5. The van der Waals surface area contributed by atoms with Gasteiger partial charge in [-0.05, 0) is 109 Å². The summed E-state index contributed by atoms with van der Waals surface area (Å²) >= 11 is 0. The molecule has 0 heterocycles. The van der Waals surface area contributed by atoms with E-state index in [9.17, 15) is 15.0 Å². The Morgan fingerprint density at radius 1 is 0.312 bits per heavy atom. The average molecular weight is 1100 g/mol. The van der Waals surface area contributed by atoms with Crippen molar-refractivity contribution in [2.24, 2.45) is 0 Å². The van der Waals surface area contributed by atoms with Crippen LogP contribution < -0.4 is 5.32 Å². The monoisotopic (exact) mass is 1100 g/mol. The lowest BCUT2D eigenvalue weighted by Gasteiger charge is -2.19. The second-order valence-electron chi connectivity index (χ2n) is 22.5. The van der Waals surface area contributed by atoms with Gasteiger partial charge in [-0.25, -0.2) is 0 Å². The third kappa shape index (κ3) is 65.1. The van der Waals surface area contributed by atoms with Crippen molar-refractivity contribution >= 4 is 5.91 Å². The highest BCUT2D eigenvalue weighted by Crippen LogP contribution is 2.17. The molecule has 0 fully saturated rings. The summed E-state index contributed by atoms with van der Waals surface area (Å²) in [7, 11) is 0. The van der Waals surface area contributed by atoms with Crippen LogP contribution in [0.5, 0.6) is 0 Å². The summed E-state index contributed by atoms with van der Waals surface area (Å²) < 4.78 is 0. The number of carbonyl (C=O) groups is 1. The minimum absolute atomic E-state index is 0.0854. The molecular weight excluding hydrogens is 975 g/mol. The molecule has 0 spiro atoms. The first-order valence-electron chi connectivity index (χ1n) is 34.0. The number of aliphatic hydroxyl groups is 2. The molecule has 0 rings (SSSR count). The first-order valence-corrected chi connectivity index (χ1v) is 34.0. The van der Waals surface area contributed by atoms with Gasteiger partial charge in [-0.2, -0.15) is 0 Å². The molecule has 0 saturated heterocycles. The summed E-state index contributed by atoms with van der Waals surface area (Å²) in [5.41, 5.74) is 0. The summed E-state index contributed by atoms with van der Waals surface area (Å²) in [5, 5.41) is 23.2. The minimum atomic E-state index is -0.878. The molecular formula is C76H129NO3. The van der Waals surface area contributed by atoms with Gasteiger partial charge >= 0.3 is 0 Å². The first kappa shape index (κ1) is 76.3. The fourth-order valence-electron chi connectivity index (χ4n) is 9.70. The zero-order valence-corrected chi connectivity index (χ0v) is 52.5. The molecule has 4 nitrogen and oxygen atoms in total. The zero-order valence-electron chi connectivity index (χ0n) is 52.5. The maximum absolute atomic E-state index is 12.5. The fraction of sp³-hybridized carbons (Fsp3) is 0.671. The third-order valence-electron chi connectivity index (χ3n) is 14.8. The molecule has 2 atom stereocenters. The molecule has 4 heteroatoms. The lowest BCUT2D eigenvalue weighted by molar-refractivity contribution is -0.123. The van der Waals surface area contributed by atoms with E-state index in [1.165, 1.54) is 180 Å². The Kier molecular flexibility index (Phi) is 66.3. The Bertz CT molecular complexity index is 1630. The molecule has 0 aromatic carbocycles. The van der Waals surface area contributed by atoms with Crippen molar-refractivity contribution in [2.75, 3.05) is 6.61 Å². The van der Waals surface area contributed by atoms with E-state index in [0.717, 1.165) is 109 Å². The van der Waals surface area contributed by atoms with Gasteiger partial charge in [0.1, 0.15) is 0 Å². The Morgan fingerprint density at radius 3 is 0.875 bits per heavy atom. The number of allylic oxidation sites excluding steroid dienone is 23. The maximum atomic E-state index is 12.5. The number of hydrogen-bond acceptors (Lipinski definition) is 3. The largest absolute Gasteiger partial charge is 0.394 e. The van der Waals surface area contributed by atoms with Gasteiger partial charge in [-0.3, -0.25) is 4.79 Å². The highest BCUT2D eigenvalue weighted by molar-refractivity contribution is 5.76. The molecule has 0 aromatic heterocycles. The van der Waals surface area contributed by atoms with E-state index in [0.29, 0.717) is 6.42 Å². The molecule has 1 amide bonds. The normalized spacial score (nSPS) is 13.7. The van der Waals surface area contributed by atoms with Gasteiger partial charge in [0.05, 0.1) is 18.8 Å². The molecule has 0 aliphatic heterocycles. The van der Waals surface area contributed by atoms with Gasteiger partial charge in [0.2, 0.25) is 5.91 Å². The number of rotatable bonds is 61. The van der Waals surface area contributed by atoms with Crippen LogP contribution in [-0.2, 0) is 4.79 Å². The molecule has 0 bridgehead atoms. The molecule has 2 unspecified atom stereocenters. The number of carbonyl (C=O) groups excluding carboxylic acids is 1. The minimum Gasteiger partial charge on any atom is -0.394 e. The smallest absolute Gasteiger partial charge is 0.220 e. The topological polar surface area (TPSA) is 69.6 Å². The van der Waals surface area contributed by atoms with Crippen molar-refractivity contribution in [1.82, 2.24) is 5.32 Å². The summed E-state index contributed by atoms with van der Waals surface area (Å²) in [6.45, 7) is 4.20. The van der Waals surface area contributed by atoms with E-state index in [1.807, 2.05) is 6.08 Å². The Morgan fingerprint density at radius 2 is 0.562 bits per heavy atom. The van der Waals surface area contributed by atoms with Gasteiger partial charge in [0, 0.05) is 6.42 Å². The van der Waals surface area contributed by atoms with E-state index in [4.69, 9.17) is 0 Å². The van der Waals surface area contributed by atoms with E-state index in [1.54, 1.807) is 6.08 Å². The SMILES string of the molecule is CC/C=C\C/C=C\C/C=C\C/C=C\C/C=C\C/C=C\C/C=C\C/C=C\C/C=C\C/C=C\CCCCCCCCCCC(=O)NC(CO)C(O)/C=C/CC/C=C/CCCCCCCCCCCCCCCCCCCCCCCCC. The molecule has 0 radical (unpaired) electrons. The summed E-state index contributed by atoms with van der Waals surface area (Å²) in [4.78, 5) is 12.5. The summed E-state index contributed by atoms with van der Waals surface area (Å²) in [5.74, 6) is -0.0854. The fourth-order valence-corrected chi connectivity index (χ4v) is 9.70. The van der Waals surface area contributed by atoms with E-state index < -0.39 is 12.1 Å². The van der Waals surface area contributed by atoms with Gasteiger partial charge in [0.15, 0.2) is 0 Å². The van der Waals surface area contributed by atoms with Crippen LogP contribution in [0.1, 0.15) is 309 Å². The maximum Gasteiger partial charge on any atom is 0.220 e. The van der Waals surface area contributed by atoms with E-state index >= 15 is 0 Å². The number of nitrogens with one attached hydrogen (secondary N) is 1. The van der Waals surface area contributed by atoms with Crippen molar-refractivity contribution in [3.8, 4) is 0 Å². The van der Waals surface area contributed by atoms with Gasteiger partial charge in [-0.15, -0.1) is 0 Å². The molecule has 0 aromatic rings. The van der Waals surface area contributed by atoms with Crippen LogP contribution in [0.4, 0.5) is 0 Å². The zero-order chi connectivity index (χ0) is 57.6. The molecule has 3 N–H and O–H groups in total. The Hall–Kier alpha value is -3.73. The average Bonchev–Trinajstić information content (AvgIpc) is 3.46. The predicted molar refractivity (Wildman–Crippen MR) is 358 cm³/mol. The van der Waals surface area contributed by atoms with Crippen molar-refractivity contribution in [1.29, 1.82) is 0 Å². The number of unbranched alkanes of at least 4 members (excludes halogenated alkanes) is 32. The van der Waals surface area contributed by atoms with Gasteiger partial charge in [0.25, 0.3) is 0 Å². The van der Waals surface area contributed by atoms with Crippen molar-refractivity contribution < 1.29 is 15.0 Å². The third-order valence-corrected chi connectivity index (χ3v) is 14.8. The van der Waals surface area contributed by atoms with Crippen LogP contribution in [0, 0.1) is 0 Å². The van der Waals surface area contributed by atoms with Crippen LogP contribution in [0.15, 0.2) is 146 Å². The van der Waals surface area contributed by atoms with Crippen LogP contribution in [0.3, 0.4) is 0 Å². The molecule has 456 valence electrons. The standard InChI is InChI=1S/C76H129NO3/c1-3-5-7-9-11-13-15-17-19-21-23-25-27-29-31-33-34-35-36-37-38-39-40-41-42-44-46-48-50-52-54-56-58-60-62-64-66-68-70-72-76(80)77-74(73-78)75(79)71-69-67-65-63-61-59-57-55-53-51-49-47-45-43-32-30-28-26-24-22-20-18-16-14-12-10-8-6-4-2/h5,7,11,13,17,19,23,25,29,31,34-35,37-38,40-41,44,46,50,52,61,63,69,71,74-75,78-79H,3-4,6,8-10,12,14-16,18,20-22,24,26-28,30,32-33,36,39,42-43,45,47-49,51,53-60,62,64-68,70,72-73H2,1-2H3,(H,77,80)/b7-5-,13-11-,19-17-,25-23-,31-29-,35-34-,38-37-,41-40-,46-44-,52-50-,63-61+,71-69+. The van der Waals surface area contributed by atoms with E-state index in [2.05, 4.69) is 153 Å². The second kappa shape index (κ2) is 69.5. The van der Waals surface area contributed by atoms with E-state index in [-0.39, 0.29) is 12.5 Å². The number of aliphatic hydroxyl groups excluding tert-OH is 2. The lowest BCUT2D eigenvalue weighted by atomic mass is 10.0. The quantitative estimate of drug-likeness (QED) is 0.0420. The molecule has 0 saturated carbocycles. The van der Waals surface area contributed by atoms with Gasteiger partial charge in [-0.1, -0.05) is 339 Å². The lowest BCUT2D eigenvalue weighted by Crippen LogP contribution is -2.45. The predicted octanol–water partition coefficient (Wildman–Crippen LogP) is 23.5. The van der Waals surface area contributed by atoms with Crippen molar-refractivity contribution in [3.05, 3.63) is 146 Å². The van der Waals surface area contributed by atoms with Crippen molar-refractivity contribution in [3.63, 3.8) is 0 Å². The van der Waals surface area contributed by atoms with Crippen LogP contribution in [0.25, 0.3) is 0 Å².